The van der Waals surface area contributed by atoms with Gasteiger partial charge in [0.2, 0.25) is 10.0 Å². The van der Waals surface area contributed by atoms with Gasteiger partial charge in [-0.15, -0.1) is 0 Å². The molecule has 1 amide bonds. The van der Waals surface area contributed by atoms with Gasteiger partial charge in [0.15, 0.2) is 0 Å². The summed E-state index contributed by atoms with van der Waals surface area (Å²) in [4.78, 5) is 12.7. The van der Waals surface area contributed by atoms with Crippen LogP contribution in [-0.4, -0.2) is 43.4 Å². The maximum absolute atomic E-state index is 12.9. The Morgan fingerprint density at radius 3 is 2.64 bits per heavy atom. The van der Waals surface area contributed by atoms with Crippen LogP contribution in [0.15, 0.2) is 41.4 Å². The minimum atomic E-state index is -3.58. The number of sulfonamides is 1. The van der Waals surface area contributed by atoms with Gasteiger partial charge in [0.1, 0.15) is 16.3 Å². The van der Waals surface area contributed by atoms with Gasteiger partial charge < -0.3 is 14.6 Å². The number of hydrogen-bond acceptors (Lipinski definition) is 4. The monoisotopic (exact) mass is 405 g/mol. The van der Waals surface area contributed by atoms with Crippen LogP contribution in [0.2, 0.25) is 0 Å². The average Bonchev–Trinajstić information content (AvgIpc) is 3.09. The first-order chi connectivity index (χ1) is 13.3. The van der Waals surface area contributed by atoms with Crippen LogP contribution in [0.3, 0.4) is 0 Å². The number of aromatic nitrogens is 1. The minimum Gasteiger partial charge on any atom is -0.497 e. The fourth-order valence-corrected chi connectivity index (χ4v) is 4.87. The molecule has 1 N–H and O–H groups in total. The molecule has 0 aliphatic carbocycles. The van der Waals surface area contributed by atoms with Crippen LogP contribution in [0.5, 0.6) is 5.75 Å². The van der Waals surface area contributed by atoms with E-state index in [1.54, 1.807) is 18.7 Å². The van der Waals surface area contributed by atoms with Crippen molar-refractivity contribution in [3.05, 3.63) is 47.8 Å². The maximum Gasteiger partial charge on any atom is 0.268 e. The largest absolute Gasteiger partial charge is 0.497 e. The Kier molecular flexibility index (Phi) is 6.10. The number of aryl methyl sites for hydroxylation is 1. The number of nitrogens with zero attached hydrogens (tertiary/aromatic N) is 2. The van der Waals surface area contributed by atoms with Gasteiger partial charge in [0.25, 0.3) is 5.91 Å². The van der Waals surface area contributed by atoms with Crippen molar-refractivity contribution in [1.82, 2.24) is 14.2 Å². The van der Waals surface area contributed by atoms with Crippen LogP contribution in [0.25, 0.3) is 0 Å². The molecular formula is C20H27N3O4S. The summed E-state index contributed by atoms with van der Waals surface area (Å²) in [5.41, 5.74) is 1.21. The molecule has 0 unspecified atom stereocenters. The molecule has 152 valence electrons. The third-order valence-corrected chi connectivity index (χ3v) is 7.04. The predicted molar refractivity (Wildman–Crippen MR) is 107 cm³/mol. The summed E-state index contributed by atoms with van der Waals surface area (Å²) in [5, 5.41) is 2.83. The van der Waals surface area contributed by atoms with Crippen molar-refractivity contribution in [3.63, 3.8) is 0 Å². The van der Waals surface area contributed by atoms with Gasteiger partial charge in [-0.1, -0.05) is 19.1 Å². The molecule has 0 bridgehead atoms. The molecule has 2 aromatic rings. The van der Waals surface area contributed by atoms with Gasteiger partial charge in [0, 0.05) is 32.9 Å². The summed E-state index contributed by atoms with van der Waals surface area (Å²) < 4.78 is 34.1. The quantitative estimate of drug-likeness (QED) is 0.800. The molecule has 2 heterocycles. The molecule has 1 aliphatic heterocycles. The summed E-state index contributed by atoms with van der Waals surface area (Å²) >= 11 is 0. The van der Waals surface area contributed by atoms with Crippen LogP contribution in [-0.2, 0) is 23.6 Å². The first kappa shape index (κ1) is 20.4. The zero-order chi connectivity index (χ0) is 20.3. The number of hydrogen-bond donors (Lipinski definition) is 1. The van der Waals surface area contributed by atoms with Gasteiger partial charge in [-0.2, -0.15) is 4.31 Å². The standard InChI is InChI=1S/C20H27N3O4S/c1-15-7-9-23(10-8-15)28(25,26)18-12-19(22(2)14-18)20(24)21-13-16-5-4-6-17(11-16)27-3/h4-6,11-12,14-15H,7-10,13H2,1-3H3,(H,21,24). The molecule has 7 nitrogen and oxygen atoms in total. The molecular weight excluding hydrogens is 378 g/mol. The summed E-state index contributed by atoms with van der Waals surface area (Å²) in [6.45, 7) is 3.51. The number of rotatable bonds is 6. The SMILES string of the molecule is COc1cccc(CNC(=O)c2cc(S(=O)(=O)N3CCC(C)CC3)cn2C)c1. The third-order valence-electron chi connectivity index (χ3n) is 5.18. The molecule has 0 saturated carbocycles. The molecule has 1 aromatic heterocycles. The molecule has 28 heavy (non-hydrogen) atoms. The van der Waals surface area contributed by atoms with Crippen molar-refractivity contribution in [2.75, 3.05) is 20.2 Å². The van der Waals surface area contributed by atoms with Gasteiger partial charge in [-0.3, -0.25) is 4.79 Å². The topological polar surface area (TPSA) is 80.6 Å². The van der Waals surface area contributed by atoms with Crippen molar-refractivity contribution in [2.24, 2.45) is 13.0 Å². The van der Waals surface area contributed by atoms with E-state index in [0.717, 1.165) is 24.2 Å². The van der Waals surface area contributed by atoms with Crippen LogP contribution in [0.4, 0.5) is 0 Å². The molecule has 1 aliphatic rings. The smallest absolute Gasteiger partial charge is 0.268 e. The van der Waals surface area contributed by atoms with Gasteiger partial charge in [-0.25, -0.2) is 8.42 Å². The Balaban J connectivity index is 1.71. The predicted octanol–water partition coefficient (Wildman–Crippen LogP) is 2.38. The fraction of sp³-hybridized carbons (Fsp3) is 0.450. The zero-order valence-electron chi connectivity index (χ0n) is 16.5. The highest BCUT2D eigenvalue weighted by molar-refractivity contribution is 7.89. The number of nitrogens with one attached hydrogen (secondary N) is 1. The lowest BCUT2D eigenvalue weighted by atomic mass is 10.0. The Hall–Kier alpha value is -2.32. The number of ether oxygens (including phenoxy) is 1. The molecule has 1 fully saturated rings. The Bertz CT molecular complexity index is 944. The van der Waals surface area contributed by atoms with E-state index >= 15 is 0 Å². The van der Waals surface area contributed by atoms with Crippen LogP contribution >= 0.6 is 0 Å². The summed E-state index contributed by atoms with van der Waals surface area (Å²) in [7, 11) is -0.313. The maximum atomic E-state index is 12.9. The Morgan fingerprint density at radius 1 is 1.25 bits per heavy atom. The van der Waals surface area contributed by atoms with Crippen molar-refractivity contribution >= 4 is 15.9 Å². The highest BCUT2D eigenvalue weighted by atomic mass is 32.2. The Labute approximate surface area is 166 Å². The highest BCUT2D eigenvalue weighted by Gasteiger charge is 2.30. The van der Waals surface area contributed by atoms with Gasteiger partial charge in [0.05, 0.1) is 7.11 Å². The number of carbonyl (C=O) groups is 1. The van der Waals surface area contributed by atoms with Crippen molar-refractivity contribution < 1.29 is 17.9 Å². The zero-order valence-corrected chi connectivity index (χ0v) is 17.3. The van der Waals surface area contributed by atoms with Gasteiger partial charge >= 0.3 is 0 Å². The molecule has 3 rings (SSSR count). The fourth-order valence-electron chi connectivity index (χ4n) is 3.33. The molecule has 0 atom stereocenters. The van der Waals surface area contributed by atoms with E-state index in [1.165, 1.54) is 16.6 Å². The van der Waals surface area contributed by atoms with E-state index in [2.05, 4.69) is 12.2 Å². The summed E-state index contributed by atoms with van der Waals surface area (Å²) in [5.74, 6) is 0.939. The van der Waals surface area contributed by atoms with E-state index in [-0.39, 0.29) is 10.8 Å². The number of carbonyl (C=O) groups excluding carboxylic acids is 1. The average molecular weight is 406 g/mol. The second kappa shape index (κ2) is 8.36. The molecule has 0 spiro atoms. The summed E-state index contributed by atoms with van der Waals surface area (Å²) in [6, 6.07) is 8.88. The third kappa shape index (κ3) is 4.39. The lowest BCUT2D eigenvalue weighted by Crippen LogP contribution is -2.37. The highest BCUT2D eigenvalue weighted by Crippen LogP contribution is 2.24. The molecule has 8 heteroatoms. The second-order valence-corrected chi connectivity index (χ2v) is 9.23. The van der Waals surface area contributed by atoms with Crippen LogP contribution < -0.4 is 10.1 Å². The number of methoxy groups -OCH3 is 1. The minimum absolute atomic E-state index is 0.163. The number of piperidine rings is 1. The van der Waals surface area contributed by atoms with E-state index in [0.29, 0.717) is 31.2 Å². The molecule has 1 aromatic carbocycles. The number of amides is 1. The van der Waals surface area contributed by atoms with Crippen molar-refractivity contribution in [1.29, 1.82) is 0 Å². The van der Waals surface area contributed by atoms with Crippen LogP contribution in [0, 0.1) is 5.92 Å². The van der Waals surface area contributed by atoms with Crippen molar-refractivity contribution in [2.45, 2.75) is 31.2 Å². The number of benzene rings is 1. The first-order valence-electron chi connectivity index (χ1n) is 9.39. The van der Waals surface area contributed by atoms with Crippen LogP contribution in [0.1, 0.15) is 35.8 Å². The summed E-state index contributed by atoms with van der Waals surface area (Å²) in [6.07, 6.45) is 3.23. The normalized spacial score (nSPS) is 16.1. The van der Waals surface area contributed by atoms with Crippen molar-refractivity contribution in [3.8, 4) is 5.75 Å². The second-order valence-electron chi connectivity index (χ2n) is 7.29. The lowest BCUT2D eigenvalue weighted by Gasteiger charge is -2.29. The van der Waals surface area contributed by atoms with E-state index in [1.807, 2.05) is 24.3 Å². The lowest BCUT2D eigenvalue weighted by molar-refractivity contribution is 0.0942. The van der Waals surface area contributed by atoms with E-state index < -0.39 is 10.0 Å². The van der Waals surface area contributed by atoms with Gasteiger partial charge in [-0.05, 0) is 42.5 Å². The molecule has 1 saturated heterocycles. The Morgan fingerprint density at radius 2 is 1.96 bits per heavy atom. The van der Waals surface area contributed by atoms with E-state index in [4.69, 9.17) is 4.74 Å². The first-order valence-corrected chi connectivity index (χ1v) is 10.8. The molecule has 0 radical (unpaired) electrons. The van der Waals surface area contributed by atoms with E-state index in [9.17, 15) is 13.2 Å².